The fourth-order valence-corrected chi connectivity index (χ4v) is 4.86. The molecular formula is C22H25N3O4S. The summed E-state index contributed by atoms with van der Waals surface area (Å²) in [6, 6.07) is 19.2. The van der Waals surface area contributed by atoms with E-state index in [-0.39, 0.29) is 18.1 Å². The zero-order chi connectivity index (χ0) is 21.2. The van der Waals surface area contributed by atoms with Crippen LogP contribution in [0.3, 0.4) is 0 Å². The highest BCUT2D eigenvalue weighted by atomic mass is 32.2. The van der Waals surface area contributed by atoms with Gasteiger partial charge in [-0.3, -0.25) is 4.72 Å². The SMILES string of the molecule is CC1(O)CCOC(CS(=O)(=O)Nc2nc(-c3ccccc3)c(-c3ccccc3)[nH]2)C1. The molecule has 0 spiro atoms. The Morgan fingerprint density at radius 1 is 1.13 bits per heavy atom. The molecule has 0 saturated carbocycles. The normalized spacial score (nSPS) is 22.0. The summed E-state index contributed by atoms with van der Waals surface area (Å²) in [5.41, 5.74) is 2.27. The van der Waals surface area contributed by atoms with Gasteiger partial charge in [0.25, 0.3) is 0 Å². The van der Waals surface area contributed by atoms with Crippen LogP contribution >= 0.6 is 0 Å². The number of imidazole rings is 1. The van der Waals surface area contributed by atoms with Crippen LogP contribution in [0, 0.1) is 0 Å². The van der Waals surface area contributed by atoms with Crippen LogP contribution in [0.2, 0.25) is 0 Å². The van der Waals surface area contributed by atoms with Gasteiger partial charge in [0.2, 0.25) is 16.0 Å². The number of sulfonamides is 1. The minimum Gasteiger partial charge on any atom is -0.390 e. The van der Waals surface area contributed by atoms with Crippen molar-refractivity contribution in [1.29, 1.82) is 0 Å². The van der Waals surface area contributed by atoms with Gasteiger partial charge in [0, 0.05) is 24.2 Å². The van der Waals surface area contributed by atoms with Gasteiger partial charge >= 0.3 is 0 Å². The number of hydrogen-bond acceptors (Lipinski definition) is 5. The van der Waals surface area contributed by atoms with Crippen LogP contribution in [-0.2, 0) is 14.8 Å². The maximum atomic E-state index is 12.7. The Balaban J connectivity index is 1.61. The van der Waals surface area contributed by atoms with Crippen LogP contribution in [-0.4, -0.2) is 47.6 Å². The van der Waals surface area contributed by atoms with Crippen LogP contribution in [0.25, 0.3) is 22.5 Å². The number of ether oxygens (including phenoxy) is 1. The highest BCUT2D eigenvalue weighted by Gasteiger charge is 2.33. The van der Waals surface area contributed by atoms with E-state index in [0.717, 1.165) is 16.8 Å². The molecule has 0 radical (unpaired) electrons. The highest BCUT2D eigenvalue weighted by Crippen LogP contribution is 2.32. The van der Waals surface area contributed by atoms with Gasteiger partial charge < -0.3 is 14.8 Å². The number of aliphatic hydroxyl groups is 1. The quantitative estimate of drug-likeness (QED) is 0.559. The zero-order valence-electron chi connectivity index (χ0n) is 16.7. The smallest absolute Gasteiger partial charge is 0.237 e. The molecule has 8 heteroatoms. The van der Waals surface area contributed by atoms with Crippen LogP contribution in [0.15, 0.2) is 60.7 Å². The molecule has 7 nitrogen and oxygen atoms in total. The Labute approximate surface area is 176 Å². The van der Waals surface area contributed by atoms with E-state index in [0.29, 0.717) is 18.7 Å². The molecule has 1 aliphatic rings. The molecule has 0 amide bonds. The van der Waals surface area contributed by atoms with Crippen molar-refractivity contribution in [3.63, 3.8) is 0 Å². The van der Waals surface area contributed by atoms with Gasteiger partial charge in [-0.15, -0.1) is 0 Å². The second kappa shape index (κ2) is 8.22. The summed E-state index contributed by atoms with van der Waals surface area (Å²) < 4.78 is 33.6. The number of anilines is 1. The summed E-state index contributed by atoms with van der Waals surface area (Å²) in [5, 5.41) is 10.2. The van der Waals surface area contributed by atoms with E-state index < -0.39 is 21.7 Å². The minimum absolute atomic E-state index is 0.148. The average molecular weight is 428 g/mol. The van der Waals surface area contributed by atoms with Crippen molar-refractivity contribution in [3.8, 4) is 22.5 Å². The lowest BCUT2D eigenvalue weighted by molar-refractivity contribution is -0.0852. The number of aromatic nitrogens is 2. The van der Waals surface area contributed by atoms with E-state index in [4.69, 9.17) is 4.74 Å². The number of nitrogens with one attached hydrogen (secondary N) is 2. The second-order valence-electron chi connectivity index (χ2n) is 7.87. The molecule has 1 saturated heterocycles. The molecular weight excluding hydrogens is 402 g/mol. The molecule has 0 aliphatic carbocycles. The van der Waals surface area contributed by atoms with Crippen molar-refractivity contribution in [3.05, 3.63) is 60.7 Å². The highest BCUT2D eigenvalue weighted by molar-refractivity contribution is 7.92. The van der Waals surface area contributed by atoms with Crippen LogP contribution in [0.5, 0.6) is 0 Å². The number of rotatable bonds is 6. The standard InChI is InChI=1S/C22H25N3O4S/c1-22(26)12-13-29-18(14-22)15-30(27,28)25-21-23-19(16-8-4-2-5-9-16)20(24-21)17-10-6-3-7-11-17/h2-11,18,26H,12-15H2,1H3,(H2,23,24,25). The van der Waals surface area contributed by atoms with E-state index in [1.54, 1.807) is 6.92 Å². The van der Waals surface area contributed by atoms with Crippen molar-refractivity contribution in [2.24, 2.45) is 0 Å². The molecule has 1 aliphatic heterocycles. The molecule has 2 unspecified atom stereocenters. The second-order valence-corrected chi connectivity index (χ2v) is 9.64. The van der Waals surface area contributed by atoms with E-state index in [1.165, 1.54) is 0 Å². The van der Waals surface area contributed by atoms with Gasteiger partial charge in [-0.05, 0) is 13.3 Å². The van der Waals surface area contributed by atoms with Gasteiger partial charge in [0.1, 0.15) is 0 Å². The van der Waals surface area contributed by atoms with E-state index >= 15 is 0 Å². The summed E-state index contributed by atoms with van der Waals surface area (Å²) in [6.45, 7) is 2.04. The maximum absolute atomic E-state index is 12.7. The monoisotopic (exact) mass is 427 g/mol. The Bertz CT molecular complexity index is 1040. The van der Waals surface area contributed by atoms with Crippen molar-refractivity contribution in [2.45, 2.75) is 31.5 Å². The van der Waals surface area contributed by atoms with Crippen LogP contribution < -0.4 is 4.72 Å². The van der Waals surface area contributed by atoms with Gasteiger partial charge in [0.15, 0.2) is 0 Å². The number of aromatic amines is 1. The summed E-state index contributed by atoms with van der Waals surface area (Å²) in [4.78, 5) is 7.64. The Morgan fingerprint density at radius 3 is 2.40 bits per heavy atom. The third kappa shape index (κ3) is 4.89. The van der Waals surface area contributed by atoms with Gasteiger partial charge in [-0.2, -0.15) is 0 Å². The molecule has 2 heterocycles. The Hall–Kier alpha value is -2.68. The fourth-order valence-electron chi connectivity index (χ4n) is 3.68. The molecule has 158 valence electrons. The van der Waals surface area contributed by atoms with E-state index in [1.807, 2.05) is 60.7 Å². The first kappa shape index (κ1) is 20.6. The lowest BCUT2D eigenvalue weighted by Crippen LogP contribution is -2.42. The lowest BCUT2D eigenvalue weighted by Gasteiger charge is -2.33. The first-order chi connectivity index (χ1) is 14.3. The molecule has 1 fully saturated rings. The fraction of sp³-hybridized carbons (Fsp3) is 0.318. The summed E-state index contributed by atoms with van der Waals surface area (Å²) in [5.74, 6) is -0.0964. The van der Waals surface area contributed by atoms with Crippen molar-refractivity contribution >= 4 is 16.0 Å². The summed E-state index contributed by atoms with van der Waals surface area (Å²) in [7, 11) is -3.73. The van der Waals surface area contributed by atoms with Gasteiger partial charge in [-0.1, -0.05) is 60.7 Å². The third-order valence-corrected chi connectivity index (χ3v) is 6.45. The third-order valence-electron chi connectivity index (χ3n) is 5.13. The van der Waals surface area contributed by atoms with Crippen molar-refractivity contribution < 1.29 is 18.3 Å². The largest absolute Gasteiger partial charge is 0.390 e. The topological polar surface area (TPSA) is 104 Å². The number of benzene rings is 2. The molecule has 2 aromatic carbocycles. The van der Waals surface area contributed by atoms with Crippen LogP contribution in [0.1, 0.15) is 19.8 Å². The Morgan fingerprint density at radius 2 is 1.77 bits per heavy atom. The molecule has 1 aromatic heterocycles. The zero-order valence-corrected chi connectivity index (χ0v) is 17.5. The molecule has 0 bridgehead atoms. The molecule has 3 N–H and O–H groups in total. The maximum Gasteiger partial charge on any atom is 0.237 e. The van der Waals surface area contributed by atoms with Crippen LogP contribution in [0.4, 0.5) is 5.95 Å². The average Bonchev–Trinajstić information content (AvgIpc) is 3.11. The van der Waals surface area contributed by atoms with Gasteiger partial charge in [0.05, 0.1) is 28.8 Å². The summed E-state index contributed by atoms with van der Waals surface area (Å²) in [6.07, 6.45) is 0.204. The number of hydrogen-bond donors (Lipinski definition) is 3. The molecule has 3 aromatic rings. The summed E-state index contributed by atoms with van der Waals surface area (Å²) >= 11 is 0. The predicted molar refractivity (Wildman–Crippen MR) is 116 cm³/mol. The Kier molecular flexibility index (Phi) is 5.64. The molecule has 30 heavy (non-hydrogen) atoms. The van der Waals surface area contributed by atoms with E-state index in [9.17, 15) is 13.5 Å². The minimum atomic E-state index is -3.73. The number of nitrogens with zero attached hydrogens (tertiary/aromatic N) is 1. The first-order valence-corrected chi connectivity index (χ1v) is 11.5. The number of H-pyrrole nitrogens is 1. The lowest BCUT2D eigenvalue weighted by atomic mass is 9.93. The van der Waals surface area contributed by atoms with Crippen molar-refractivity contribution in [2.75, 3.05) is 17.1 Å². The van der Waals surface area contributed by atoms with E-state index in [2.05, 4.69) is 14.7 Å². The molecule has 4 rings (SSSR count). The van der Waals surface area contributed by atoms with Gasteiger partial charge in [-0.25, -0.2) is 13.4 Å². The predicted octanol–water partition coefficient (Wildman–Crippen LogP) is 3.42. The van der Waals surface area contributed by atoms with Crippen molar-refractivity contribution in [1.82, 2.24) is 9.97 Å². The first-order valence-electron chi connectivity index (χ1n) is 9.87. The molecule has 2 atom stereocenters.